The lowest BCUT2D eigenvalue weighted by Gasteiger charge is -2.30. The van der Waals surface area contributed by atoms with Crippen molar-refractivity contribution in [1.82, 2.24) is 0 Å². The Morgan fingerprint density at radius 1 is 1.00 bits per heavy atom. The molecule has 0 spiro atoms. The van der Waals surface area contributed by atoms with Gasteiger partial charge in [-0.25, -0.2) is 0 Å². The molecule has 0 fully saturated rings. The summed E-state index contributed by atoms with van der Waals surface area (Å²) in [6.07, 6.45) is 0.110. The summed E-state index contributed by atoms with van der Waals surface area (Å²) in [4.78, 5) is 0. The van der Waals surface area contributed by atoms with Crippen LogP contribution in [-0.4, -0.2) is 34.6 Å². The molecule has 0 saturated heterocycles. The molecule has 80 valence electrons. The first-order valence-corrected chi connectivity index (χ1v) is 4.98. The molecule has 0 aliphatic heterocycles. The van der Waals surface area contributed by atoms with Gasteiger partial charge in [0.25, 0.3) is 0 Å². The van der Waals surface area contributed by atoms with Crippen LogP contribution in [0.1, 0.15) is 27.2 Å². The predicted octanol–water partition coefficient (Wildman–Crippen LogP) is 0.630. The highest BCUT2D eigenvalue weighted by atomic mass is 16.3. The van der Waals surface area contributed by atoms with E-state index < -0.39 is 6.10 Å². The second-order valence-electron chi connectivity index (χ2n) is 3.91. The van der Waals surface area contributed by atoms with Crippen LogP contribution < -0.4 is 0 Å². The Morgan fingerprint density at radius 2 is 1.46 bits per heavy atom. The van der Waals surface area contributed by atoms with Gasteiger partial charge >= 0.3 is 0 Å². The zero-order chi connectivity index (χ0) is 10.4. The Hall–Kier alpha value is -0.120. The Bertz CT molecular complexity index is 125. The monoisotopic (exact) mass is 190 g/mol. The summed E-state index contributed by atoms with van der Waals surface area (Å²) < 4.78 is 0. The SMILES string of the molecule is CCC(O)C(CO)C(CO)C(C)C. The van der Waals surface area contributed by atoms with Gasteiger partial charge in [-0.1, -0.05) is 20.8 Å². The van der Waals surface area contributed by atoms with Crippen molar-refractivity contribution in [1.29, 1.82) is 0 Å². The van der Waals surface area contributed by atoms with Gasteiger partial charge in [0.05, 0.1) is 6.10 Å². The Kier molecular flexibility index (Phi) is 6.29. The van der Waals surface area contributed by atoms with Crippen LogP contribution in [0, 0.1) is 17.8 Å². The molecule has 3 atom stereocenters. The van der Waals surface area contributed by atoms with Gasteiger partial charge < -0.3 is 15.3 Å². The quantitative estimate of drug-likeness (QED) is 0.575. The molecule has 0 aromatic heterocycles. The van der Waals surface area contributed by atoms with Gasteiger partial charge in [-0.05, 0) is 18.3 Å². The van der Waals surface area contributed by atoms with Crippen molar-refractivity contribution >= 4 is 0 Å². The van der Waals surface area contributed by atoms with E-state index in [-0.39, 0.29) is 31.0 Å². The third-order valence-corrected chi connectivity index (χ3v) is 2.74. The molecule has 0 aliphatic rings. The smallest absolute Gasteiger partial charge is 0.0591 e. The minimum absolute atomic E-state index is 0.0139. The van der Waals surface area contributed by atoms with Crippen LogP contribution >= 0.6 is 0 Å². The van der Waals surface area contributed by atoms with Gasteiger partial charge in [-0.3, -0.25) is 0 Å². The highest BCUT2D eigenvalue weighted by Crippen LogP contribution is 2.24. The molecule has 0 saturated carbocycles. The van der Waals surface area contributed by atoms with Crippen molar-refractivity contribution in [3.63, 3.8) is 0 Å². The highest BCUT2D eigenvalue weighted by Gasteiger charge is 2.28. The van der Waals surface area contributed by atoms with Crippen molar-refractivity contribution in [2.45, 2.75) is 33.3 Å². The second kappa shape index (κ2) is 6.35. The van der Waals surface area contributed by atoms with Crippen LogP contribution in [0.5, 0.6) is 0 Å². The van der Waals surface area contributed by atoms with Crippen LogP contribution in [0.2, 0.25) is 0 Å². The molecule has 0 aromatic carbocycles. The molecular formula is C10H22O3. The van der Waals surface area contributed by atoms with Gasteiger partial charge in [0.15, 0.2) is 0 Å². The summed E-state index contributed by atoms with van der Waals surface area (Å²) in [6, 6.07) is 0. The molecular weight excluding hydrogens is 168 g/mol. The Balaban J connectivity index is 4.33. The van der Waals surface area contributed by atoms with E-state index in [9.17, 15) is 5.11 Å². The minimum atomic E-state index is -0.510. The first kappa shape index (κ1) is 12.9. The molecule has 3 nitrogen and oxygen atoms in total. The van der Waals surface area contributed by atoms with Gasteiger partial charge in [-0.2, -0.15) is 0 Å². The lowest BCUT2D eigenvalue weighted by Crippen LogP contribution is -2.35. The first-order chi connectivity index (χ1) is 6.08. The van der Waals surface area contributed by atoms with Crippen molar-refractivity contribution < 1.29 is 15.3 Å². The minimum Gasteiger partial charge on any atom is -0.396 e. The van der Waals surface area contributed by atoms with Gasteiger partial charge in [-0.15, -0.1) is 0 Å². The zero-order valence-corrected chi connectivity index (χ0v) is 8.77. The number of hydrogen-bond donors (Lipinski definition) is 3. The van der Waals surface area contributed by atoms with Gasteiger partial charge in [0.2, 0.25) is 0 Å². The molecule has 0 aliphatic carbocycles. The Labute approximate surface area is 80.4 Å². The number of aliphatic hydroxyl groups excluding tert-OH is 3. The largest absolute Gasteiger partial charge is 0.396 e. The summed E-state index contributed by atoms with van der Waals surface area (Å²) in [5.74, 6) is 0.0679. The van der Waals surface area contributed by atoms with Crippen molar-refractivity contribution in [3.8, 4) is 0 Å². The van der Waals surface area contributed by atoms with Crippen LogP contribution in [0.15, 0.2) is 0 Å². The molecule has 13 heavy (non-hydrogen) atoms. The average molecular weight is 190 g/mol. The van der Waals surface area contributed by atoms with E-state index in [1.807, 2.05) is 20.8 Å². The lowest BCUT2D eigenvalue weighted by molar-refractivity contribution is -0.00380. The normalized spacial score (nSPS) is 18.7. The number of aliphatic hydroxyl groups is 3. The molecule has 3 heteroatoms. The lowest BCUT2D eigenvalue weighted by atomic mass is 9.80. The topological polar surface area (TPSA) is 60.7 Å². The van der Waals surface area contributed by atoms with Gasteiger partial charge in [0, 0.05) is 19.1 Å². The van der Waals surface area contributed by atoms with E-state index >= 15 is 0 Å². The molecule has 0 rings (SSSR count). The van der Waals surface area contributed by atoms with E-state index in [0.29, 0.717) is 6.42 Å². The summed E-state index contributed by atoms with van der Waals surface area (Å²) in [5, 5.41) is 27.8. The zero-order valence-electron chi connectivity index (χ0n) is 8.77. The highest BCUT2D eigenvalue weighted by molar-refractivity contribution is 4.77. The van der Waals surface area contributed by atoms with E-state index in [1.54, 1.807) is 0 Å². The average Bonchev–Trinajstić information content (AvgIpc) is 2.12. The van der Waals surface area contributed by atoms with Crippen LogP contribution in [0.4, 0.5) is 0 Å². The van der Waals surface area contributed by atoms with Gasteiger partial charge in [0.1, 0.15) is 0 Å². The Morgan fingerprint density at radius 3 is 1.69 bits per heavy atom. The maximum absolute atomic E-state index is 9.60. The third-order valence-electron chi connectivity index (χ3n) is 2.74. The molecule has 0 heterocycles. The fraction of sp³-hybridized carbons (Fsp3) is 1.00. The molecule has 0 radical (unpaired) electrons. The second-order valence-corrected chi connectivity index (χ2v) is 3.91. The number of hydrogen-bond acceptors (Lipinski definition) is 3. The van der Waals surface area contributed by atoms with Crippen LogP contribution in [0.3, 0.4) is 0 Å². The molecule has 3 N–H and O–H groups in total. The van der Waals surface area contributed by atoms with E-state index in [4.69, 9.17) is 10.2 Å². The number of rotatable bonds is 6. The summed E-state index contributed by atoms with van der Waals surface area (Å²) >= 11 is 0. The summed E-state index contributed by atoms with van der Waals surface area (Å²) in [6.45, 7) is 5.83. The first-order valence-electron chi connectivity index (χ1n) is 4.98. The maximum Gasteiger partial charge on any atom is 0.0591 e. The standard InChI is InChI=1S/C10H22O3/c1-4-10(13)9(6-12)8(5-11)7(2)3/h7-13H,4-6H2,1-3H3. The van der Waals surface area contributed by atoms with Crippen molar-refractivity contribution in [3.05, 3.63) is 0 Å². The summed E-state index contributed by atoms with van der Waals surface area (Å²) in [5.41, 5.74) is 0. The molecule has 0 bridgehead atoms. The van der Waals surface area contributed by atoms with Crippen molar-refractivity contribution in [2.75, 3.05) is 13.2 Å². The summed E-state index contributed by atoms with van der Waals surface area (Å²) in [7, 11) is 0. The third kappa shape index (κ3) is 3.63. The fourth-order valence-corrected chi connectivity index (χ4v) is 1.69. The molecule has 3 unspecified atom stereocenters. The predicted molar refractivity (Wildman–Crippen MR) is 52.3 cm³/mol. The molecule has 0 aromatic rings. The van der Waals surface area contributed by atoms with E-state index in [0.717, 1.165) is 0 Å². The maximum atomic E-state index is 9.60. The van der Waals surface area contributed by atoms with Crippen molar-refractivity contribution in [2.24, 2.45) is 17.8 Å². The van der Waals surface area contributed by atoms with Crippen LogP contribution in [-0.2, 0) is 0 Å². The fourth-order valence-electron chi connectivity index (χ4n) is 1.69. The van der Waals surface area contributed by atoms with E-state index in [2.05, 4.69) is 0 Å². The van der Waals surface area contributed by atoms with Crippen LogP contribution in [0.25, 0.3) is 0 Å². The molecule has 0 amide bonds. The van der Waals surface area contributed by atoms with E-state index in [1.165, 1.54) is 0 Å².